The Kier molecular flexibility index (Phi) is 5.09. The van der Waals surface area contributed by atoms with Crippen LogP contribution in [0, 0.1) is 5.82 Å². The summed E-state index contributed by atoms with van der Waals surface area (Å²) in [4.78, 5) is 12.9. The molecule has 126 valence electrons. The van der Waals surface area contributed by atoms with Crippen LogP contribution in [0.4, 0.5) is 4.39 Å². The molecule has 2 aromatic rings. The molecule has 1 aliphatic heterocycles. The van der Waals surface area contributed by atoms with Gasteiger partial charge < -0.3 is 9.47 Å². The first-order valence-electron chi connectivity index (χ1n) is 7.52. The number of carbonyl (C=O) groups is 1. The van der Waals surface area contributed by atoms with Crippen molar-refractivity contribution in [2.24, 2.45) is 0 Å². The maximum Gasteiger partial charge on any atom is 0.322 e. The predicted octanol–water partition coefficient (Wildman–Crippen LogP) is 4.79. The smallest absolute Gasteiger partial charge is 0.322 e. The Morgan fingerprint density at radius 2 is 1.75 bits per heavy atom. The Morgan fingerprint density at radius 1 is 1.08 bits per heavy atom. The molecule has 2 aromatic carbocycles. The highest BCUT2D eigenvalue weighted by Crippen LogP contribution is 2.38. The van der Waals surface area contributed by atoms with Gasteiger partial charge in [-0.15, -0.1) is 0 Å². The first-order valence-corrected chi connectivity index (χ1v) is 8.28. The largest absolute Gasteiger partial charge is 0.424 e. The number of rotatable bonds is 3. The van der Waals surface area contributed by atoms with E-state index in [2.05, 4.69) is 0 Å². The minimum atomic E-state index is -0.880. The molecule has 0 saturated carbocycles. The molecular formula is C18H15Cl2FO3. The second-order valence-electron chi connectivity index (χ2n) is 5.67. The molecule has 0 bridgehead atoms. The molecule has 0 atom stereocenters. The van der Waals surface area contributed by atoms with Crippen molar-refractivity contribution < 1.29 is 18.7 Å². The standard InChI is InChI=1S/C18H15Cl2FO3/c19-13-3-6-16(15(20)11-13)24-17(22)18(7-9-23-10-8-18)12-1-4-14(21)5-2-12/h1-6,11H,7-10H2. The van der Waals surface area contributed by atoms with Gasteiger partial charge in [0.25, 0.3) is 0 Å². The number of hydrogen-bond donors (Lipinski definition) is 0. The van der Waals surface area contributed by atoms with Crippen molar-refractivity contribution in [3.8, 4) is 5.75 Å². The molecule has 1 fully saturated rings. The van der Waals surface area contributed by atoms with E-state index < -0.39 is 11.4 Å². The van der Waals surface area contributed by atoms with E-state index in [9.17, 15) is 9.18 Å². The van der Waals surface area contributed by atoms with Gasteiger partial charge in [-0.25, -0.2) is 4.39 Å². The van der Waals surface area contributed by atoms with Crippen LogP contribution >= 0.6 is 23.2 Å². The van der Waals surface area contributed by atoms with Gasteiger partial charge >= 0.3 is 5.97 Å². The Hall–Kier alpha value is -1.62. The van der Waals surface area contributed by atoms with Gasteiger partial charge in [0.15, 0.2) is 0 Å². The van der Waals surface area contributed by atoms with Crippen molar-refractivity contribution in [2.45, 2.75) is 18.3 Å². The quantitative estimate of drug-likeness (QED) is 0.577. The minimum absolute atomic E-state index is 0.249. The third-order valence-electron chi connectivity index (χ3n) is 4.23. The fraction of sp³-hybridized carbons (Fsp3) is 0.278. The maximum absolute atomic E-state index is 13.2. The lowest BCUT2D eigenvalue weighted by Crippen LogP contribution is -2.44. The van der Waals surface area contributed by atoms with Gasteiger partial charge in [-0.3, -0.25) is 4.79 Å². The normalized spacial score (nSPS) is 16.6. The van der Waals surface area contributed by atoms with Gasteiger partial charge in [0.05, 0.1) is 10.4 Å². The molecule has 1 saturated heterocycles. The van der Waals surface area contributed by atoms with Crippen LogP contribution in [0.2, 0.25) is 10.0 Å². The van der Waals surface area contributed by atoms with E-state index in [-0.39, 0.29) is 16.6 Å². The average molecular weight is 369 g/mol. The molecule has 0 aliphatic carbocycles. The van der Waals surface area contributed by atoms with E-state index in [1.54, 1.807) is 24.3 Å². The SMILES string of the molecule is O=C(Oc1ccc(Cl)cc1Cl)C1(c2ccc(F)cc2)CCOCC1. The van der Waals surface area contributed by atoms with Crippen LogP contribution in [0.25, 0.3) is 0 Å². The highest BCUT2D eigenvalue weighted by molar-refractivity contribution is 6.35. The highest BCUT2D eigenvalue weighted by atomic mass is 35.5. The third kappa shape index (κ3) is 3.41. The van der Waals surface area contributed by atoms with Crippen LogP contribution in [-0.4, -0.2) is 19.2 Å². The first kappa shape index (κ1) is 17.2. The van der Waals surface area contributed by atoms with Gasteiger partial charge in [-0.05, 0) is 48.7 Å². The zero-order valence-corrected chi connectivity index (χ0v) is 14.2. The predicted molar refractivity (Wildman–Crippen MR) is 90.2 cm³/mol. The zero-order valence-electron chi connectivity index (χ0n) is 12.7. The summed E-state index contributed by atoms with van der Waals surface area (Å²) in [6.45, 7) is 0.863. The van der Waals surface area contributed by atoms with E-state index >= 15 is 0 Å². The molecule has 6 heteroatoms. The molecule has 0 unspecified atom stereocenters. The van der Waals surface area contributed by atoms with Crippen molar-refractivity contribution in [1.29, 1.82) is 0 Å². The summed E-state index contributed by atoms with van der Waals surface area (Å²) in [6.07, 6.45) is 0.922. The van der Waals surface area contributed by atoms with Gasteiger partial charge in [0, 0.05) is 18.2 Å². The van der Waals surface area contributed by atoms with Crippen LogP contribution in [0.3, 0.4) is 0 Å². The molecule has 0 amide bonds. The highest BCUT2D eigenvalue weighted by Gasteiger charge is 2.43. The van der Waals surface area contributed by atoms with E-state index in [1.807, 2.05) is 0 Å². The summed E-state index contributed by atoms with van der Waals surface area (Å²) in [7, 11) is 0. The van der Waals surface area contributed by atoms with Crippen molar-refractivity contribution in [3.05, 3.63) is 63.9 Å². The summed E-state index contributed by atoms with van der Waals surface area (Å²) in [5.74, 6) is -0.532. The number of halogens is 3. The van der Waals surface area contributed by atoms with E-state index in [0.29, 0.717) is 36.6 Å². The molecule has 24 heavy (non-hydrogen) atoms. The Bertz CT molecular complexity index is 740. The lowest BCUT2D eigenvalue weighted by molar-refractivity contribution is -0.145. The number of esters is 1. The summed E-state index contributed by atoms with van der Waals surface area (Å²) in [6, 6.07) is 10.6. The Balaban J connectivity index is 1.93. The van der Waals surface area contributed by atoms with Crippen molar-refractivity contribution in [2.75, 3.05) is 13.2 Å². The fourth-order valence-corrected chi connectivity index (χ4v) is 3.30. The third-order valence-corrected chi connectivity index (χ3v) is 4.76. The Morgan fingerprint density at radius 3 is 2.38 bits per heavy atom. The number of benzene rings is 2. The van der Waals surface area contributed by atoms with E-state index in [1.165, 1.54) is 18.2 Å². The first-order chi connectivity index (χ1) is 11.5. The van der Waals surface area contributed by atoms with Crippen LogP contribution in [0.5, 0.6) is 5.75 Å². The second kappa shape index (κ2) is 7.09. The van der Waals surface area contributed by atoms with Gasteiger partial charge in [0.2, 0.25) is 0 Å². The molecule has 0 radical (unpaired) electrons. The van der Waals surface area contributed by atoms with Crippen molar-refractivity contribution in [3.63, 3.8) is 0 Å². The molecule has 3 rings (SSSR count). The number of carbonyl (C=O) groups excluding carboxylic acids is 1. The summed E-state index contributed by atoms with van der Waals surface area (Å²) in [5.41, 5.74) is -0.170. The van der Waals surface area contributed by atoms with Crippen LogP contribution < -0.4 is 4.74 Å². The minimum Gasteiger partial charge on any atom is -0.424 e. The summed E-state index contributed by atoms with van der Waals surface area (Å²) in [5, 5.41) is 0.719. The van der Waals surface area contributed by atoms with Crippen LogP contribution in [0.15, 0.2) is 42.5 Å². The monoisotopic (exact) mass is 368 g/mol. The molecular weight excluding hydrogens is 354 g/mol. The van der Waals surface area contributed by atoms with Gasteiger partial charge in [-0.2, -0.15) is 0 Å². The number of ether oxygens (including phenoxy) is 2. The van der Waals surface area contributed by atoms with Crippen molar-refractivity contribution >= 4 is 29.2 Å². The molecule has 0 spiro atoms. The zero-order chi connectivity index (χ0) is 17.2. The van der Waals surface area contributed by atoms with E-state index in [0.717, 1.165) is 0 Å². The van der Waals surface area contributed by atoms with Crippen LogP contribution in [-0.2, 0) is 14.9 Å². The summed E-state index contributed by atoms with van der Waals surface area (Å²) < 4.78 is 24.2. The molecule has 3 nitrogen and oxygen atoms in total. The molecule has 1 heterocycles. The van der Waals surface area contributed by atoms with E-state index in [4.69, 9.17) is 32.7 Å². The second-order valence-corrected chi connectivity index (χ2v) is 6.51. The lowest BCUT2D eigenvalue weighted by atomic mass is 9.74. The molecule has 1 aliphatic rings. The average Bonchev–Trinajstić information content (AvgIpc) is 2.58. The molecule has 0 N–H and O–H groups in total. The number of hydrogen-bond acceptors (Lipinski definition) is 3. The lowest BCUT2D eigenvalue weighted by Gasteiger charge is -2.35. The fourth-order valence-electron chi connectivity index (χ4n) is 2.85. The van der Waals surface area contributed by atoms with Gasteiger partial charge in [0.1, 0.15) is 11.6 Å². The topological polar surface area (TPSA) is 35.5 Å². The molecule has 0 aromatic heterocycles. The summed E-state index contributed by atoms with van der Waals surface area (Å²) >= 11 is 12.0. The maximum atomic E-state index is 13.2. The van der Waals surface area contributed by atoms with Crippen molar-refractivity contribution in [1.82, 2.24) is 0 Å². The Labute approximate surface area is 149 Å². The van der Waals surface area contributed by atoms with Crippen LogP contribution in [0.1, 0.15) is 18.4 Å². The van der Waals surface area contributed by atoms with Gasteiger partial charge in [-0.1, -0.05) is 35.3 Å².